The van der Waals surface area contributed by atoms with Gasteiger partial charge in [0.05, 0.1) is 0 Å². The first kappa shape index (κ1) is 15.3. The van der Waals surface area contributed by atoms with Crippen molar-refractivity contribution in [2.24, 2.45) is 0 Å². The normalized spacial score (nSPS) is 28.9. The first-order valence-electron chi connectivity index (χ1n) is 8.42. The van der Waals surface area contributed by atoms with Gasteiger partial charge in [-0.2, -0.15) is 0 Å². The zero-order valence-corrected chi connectivity index (χ0v) is 13.2. The zero-order valence-electron chi connectivity index (χ0n) is 13.2. The predicted molar refractivity (Wildman–Crippen MR) is 82.6 cm³/mol. The largest absolute Gasteiger partial charge is 0.313 e. The Morgan fingerprint density at radius 1 is 1.16 bits per heavy atom. The molecule has 3 unspecified atom stereocenters. The maximum atomic E-state index is 3.70. The number of hydrogen-bond donors (Lipinski definition) is 1. The highest BCUT2D eigenvalue weighted by molar-refractivity contribution is 4.87. The van der Waals surface area contributed by atoms with E-state index >= 15 is 0 Å². The standard InChI is InChI=1S/C16H33N3/c1-4-7-14(2)17-12-15(3)19-11-10-18-9-6-5-8-16(18)13-19/h14-17H,4-13H2,1-3H3. The summed E-state index contributed by atoms with van der Waals surface area (Å²) in [5.74, 6) is 0. The average Bonchev–Trinajstić information content (AvgIpc) is 2.44. The average molecular weight is 267 g/mol. The molecule has 0 aromatic rings. The van der Waals surface area contributed by atoms with Crippen molar-refractivity contribution < 1.29 is 0 Å². The molecule has 2 aliphatic heterocycles. The van der Waals surface area contributed by atoms with Crippen LogP contribution in [0.2, 0.25) is 0 Å². The lowest BCUT2D eigenvalue weighted by molar-refractivity contribution is 0.0307. The van der Waals surface area contributed by atoms with Gasteiger partial charge in [-0.25, -0.2) is 0 Å². The molecular formula is C16H33N3. The number of piperidine rings is 1. The van der Waals surface area contributed by atoms with Gasteiger partial charge in [0.25, 0.3) is 0 Å². The van der Waals surface area contributed by atoms with Crippen molar-refractivity contribution in [3.63, 3.8) is 0 Å². The fourth-order valence-electron chi connectivity index (χ4n) is 3.62. The van der Waals surface area contributed by atoms with Gasteiger partial charge in [0.15, 0.2) is 0 Å². The lowest BCUT2D eigenvalue weighted by Crippen LogP contribution is -2.58. The molecule has 0 aromatic heterocycles. The Labute approximate surface area is 119 Å². The summed E-state index contributed by atoms with van der Waals surface area (Å²) in [7, 11) is 0. The van der Waals surface area contributed by atoms with Crippen molar-refractivity contribution in [1.29, 1.82) is 0 Å². The Bertz CT molecular complexity index is 256. The monoisotopic (exact) mass is 267 g/mol. The molecule has 0 aromatic carbocycles. The Kier molecular flexibility index (Phi) is 6.11. The first-order valence-corrected chi connectivity index (χ1v) is 8.42. The van der Waals surface area contributed by atoms with Crippen molar-refractivity contribution in [1.82, 2.24) is 15.1 Å². The zero-order chi connectivity index (χ0) is 13.7. The molecule has 0 bridgehead atoms. The molecule has 3 heteroatoms. The van der Waals surface area contributed by atoms with Crippen molar-refractivity contribution in [3.05, 3.63) is 0 Å². The van der Waals surface area contributed by atoms with Gasteiger partial charge in [-0.1, -0.05) is 19.8 Å². The molecule has 2 aliphatic rings. The summed E-state index contributed by atoms with van der Waals surface area (Å²) in [6, 6.07) is 2.20. The smallest absolute Gasteiger partial charge is 0.0223 e. The van der Waals surface area contributed by atoms with Crippen LogP contribution in [0.15, 0.2) is 0 Å². The summed E-state index contributed by atoms with van der Waals surface area (Å²) in [6.45, 7) is 13.3. The van der Waals surface area contributed by atoms with Crippen LogP contribution < -0.4 is 5.32 Å². The summed E-state index contributed by atoms with van der Waals surface area (Å²) in [4.78, 5) is 5.43. The van der Waals surface area contributed by atoms with Crippen LogP contribution in [-0.2, 0) is 0 Å². The van der Waals surface area contributed by atoms with E-state index in [1.54, 1.807) is 0 Å². The van der Waals surface area contributed by atoms with Gasteiger partial charge < -0.3 is 5.32 Å². The third-order valence-electron chi connectivity index (χ3n) is 4.98. The van der Waals surface area contributed by atoms with E-state index in [2.05, 4.69) is 35.9 Å². The Morgan fingerprint density at radius 3 is 2.79 bits per heavy atom. The number of rotatable bonds is 6. The minimum Gasteiger partial charge on any atom is -0.313 e. The summed E-state index contributed by atoms with van der Waals surface area (Å²) in [5, 5.41) is 3.70. The van der Waals surface area contributed by atoms with E-state index in [1.165, 1.54) is 58.3 Å². The summed E-state index contributed by atoms with van der Waals surface area (Å²) in [6.07, 6.45) is 6.85. The van der Waals surface area contributed by atoms with E-state index in [0.717, 1.165) is 12.6 Å². The Morgan fingerprint density at radius 2 is 2.00 bits per heavy atom. The molecular weight excluding hydrogens is 234 g/mol. The second-order valence-electron chi connectivity index (χ2n) is 6.63. The molecule has 3 atom stereocenters. The fourth-order valence-corrected chi connectivity index (χ4v) is 3.62. The fraction of sp³-hybridized carbons (Fsp3) is 1.00. The van der Waals surface area contributed by atoms with Gasteiger partial charge in [-0.05, 0) is 39.7 Å². The van der Waals surface area contributed by atoms with Crippen molar-refractivity contribution in [3.8, 4) is 0 Å². The van der Waals surface area contributed by atoms with Crippen LogP contribution in [0.3, 0.4) is 0 Å². The topological polar surface area (TPSA) is 18.5 Å². The molecule has 2 rings (SSSR count). The number of piperazine rings is 1. The molecule has 0 aliphatic carbocycles. The molecule has 3 nitrogen and oxygen atoms in total. The number of fused-ring (bicyclic) bond motifs is 1. The second kappa shape index (κ2) is 7.61. The van der Waals surface area contributed by atoms with Crippen molar-refractivity contribution in [2.45, 2.75) is 71.0 Å². The third-order valence-corrected chi connectivity index (χ3v) is 4.98. The molecule has 0 spiro atoms. The molecule has 0 amide bonds. The van der Waals surface area contributed by atoms with E-state index in [1.807, 2.05) is 0 Å². The highest BCUT2D eigenvalue weighted by atomic mass is 15.3. The maximum absolute atomic E-state index is 3.70. The molecule has 1 N–H and O–H groups in total. The molecule has 112 valence electrons. The van der Waals surface area contributed by atoms with Gasteiger partial charge in [-0.15, -0.1) is 0 Å². The predicted octanol–water partition coefficient (Wildman–Crippen LogP) is 2.32. The molecule has 19 heavy (non-hydrogen) atoms. The van der Waals surface area contributed by atoms with Crippen LogP contribution in [0.25, 0.3) is 0 Å². The minimum atomic E-state index is 0.670. The van der Waals surface area contributed by atoms with Gasteiger partial charge in [0.2, 0.25) is 0 Å². The first-order chi connectivity index (χ1) is 9.20. The van der Waals surface area contributed by atoms with Crippen LogP contribution in [0.4, 0.5) is 0 Å². The second-order valence-corrected chi connectivity index (χ2v) is 6.63. The van der Waals surface area contributed by atoms with Crippen molar-refractivity contribution in [2.75, 3.05) is 32.7 Å². The van der Waals surface area contributed by atoms with Crippen LogP contribution in [-0.4, -0.2) is 60.6 Å². The highest BCUT2D eigenvalue weighted by Gasteiger charge is 2.30. The Hall–Kier alpha value is -0.120. The maximum Gasteiger partial charge on any atom is 0.0223 e. The molecule has 0 saturated carbocycles. The molecule has 2 saturated heterocycles. The third kappa shape index (κ3) is 4.44. The van der Waals surface area contributed by atoms with Gasteiger partial charge in [-0.3, -0.25) is 9.80 Å². The quantitative estimate of drug-likeness (QED) is 0.797. The van der Waals surface area contributed by atoms with Crippen molar-refractivity contribution >= 4 is 0 Å². The lowest BCUT2D eigenvalue weighted by atomic mass is 9.98. The number of hydrogen-bond acceptors (Lipinski definition) is 3. The number of nitrogens with one attached hydrogen (secondary N) is 1. The molecule has 2 fully saturated rings. The highest BCUT2D eigenvalue weighted by Crippen LogP contribution is 2.22. The van der Waals surface area contributed by atoms with Crippen LogP contribution in [0, 0.1) is 0 Å². The van der Waals surface area contributed by atoms with E-state index in [4.69, 9.17) is 0 Å². The molecule has 2 heterocycles. The number of nitrogens with zero attached hydrogens (tertiary/aromatic N) is 2. The lowest BCUT2D eigenvalue weighted by Gasteiger charge is -2.46. The summed E-state index contributed by atoms with van der Waals surface area (Å²) in [5.41, 5.74) is 0. The molecule has 0 radical (unpaired) electrons. The van der Waals surface area contributed by atoms with E-state index < -0.39 is 0 Å². The van der Waals surface area contributed by atoms with E-state index in [0.29, 0.717) is 12.1 Å². The van der Waals surface area contributed by atoms with Gasteiger partial charge in [0, 0.05) is 44.3 Å². The summed E-state index contributed by atoms with van der Waals surface area (Å²) < 4.78 is 0. The van der Waals surface area contributed by atoms with E-state index in [9.17, 15) is 0 Å². The van der Waals surface area contributed by atoms with Crippen LogP contribution >= 0.6 is 0 Å². The van der Waals surface area contributed by atoms with Gasteiger partial charge in [0.1, 0.15) is 0 Å². The minimum absolute atomic E-state index is 0.670. The van der Waals surface area contributed by atoms with Crippen LogP contribution in [0.5, 0.6) is 0 Å². The summed E-state index contributed by atoms with van der Waals surface area (Å²) >= 11 is 0. The van der Waals surface area contributed by atoms with Gasteiger partial charge >= 0.3 is 0 Å². The van der Waals surface area contributed by atoms with Crippen LogP contribution in [0.1, 0.15) is 52.9 Å². The van der Waals surface area contributed by atoms with E-state index in [-0.39, 0.29) is 0 Å². The Balaban J connectivity index is 1.72. The SMILES string of the molecule is CCCC(C)NCC(C)N1CCN2CCCCC2C1.